The van der Waals surface area contributed by atoms with E-state index in [1.807, 2.05) is 66.1 Å². The first kappa shape index (κ1) is 20.8. The summed E-state index contributed by atoms with van der Waals surface area (Å²) in [7, 11) is 0. The molecule has 4 aromatic rings. The standard InChI is InChI=1S/C24H23N5OS/c1-3-18-8-4-5-10-21(18)26-22(30)16-31-24-28-27-23(19-11-13-25-14-12-19)29(24)20-9-6-7-17(2)15-20/h4-15H,3,16H2,1-2H3,(H,26,30). The topological polar surface area (TPSA) is 72.7 Å². The number of rotatable bonds is 7. The van der Waals surface area contributed by atoms with Crippen LogP contribution in [-0.2, 0) is 11.2 Å². The average Bonchev–Trinajstić information content (AvgIpc) is 3.23. The molecule has 0 aliphatic carbocycles. The molecule has 156 valence electrons. The van der Waals surface area contributed by atoms with Gasteiger partial charge in [-0.1, -0.05) is 49.0 Å². The molecule has 4 rings (SSSR count). The summed E-state index contributed by atoms with van der Waals surface area (Å²) in [5, 5.41) is 12.5. The number of hydrogen-bond donors (Lipinski definition) is 1. The molecule has 0 radical (unpaired) electrons. The van der Waals surface area contributed by atoms with E-state index in [2.05, 4.69) is 33.5 Å². The van der Waals surface area contributed by atoms with Gasteiger partial charge in [0, 0.05) is 29.3 Å². The van der Waals surface area contributed by atoms with E-state index >= 15 is 0 Å². The van der Waals surface area contributed by atoms with Gasteiger partial charge in [-0.2, -0.15) is 0 Å². The first-order chi connectivity index (χ1) is 15.2. The number of nitrogens with zero attached hydrogens (tertiary/aromatic N) is 4. The molecule has 0 spiro atoms. The third-order valence-corrected chi connectivity index (χ3v) is 5.77. The van der Waals surface area contributed by atoms with Crippen molar-refractivity contribution in [3.63, 3.8) is 0 Å². The van der Waals surface area contributed by atoms with E-state index in [0.29, 0.717) is 11.0 Å². The van der Waals surface area contributed by atoms with Crippen molar-refractivity contribution in [3.05, 3.63) is 84.2 Å². The minimum Gasteiger partial charge on any atom is -0.325 e. The van der Waals surface area contributed by atoms with Crippen LogP contribution in [0, 0.1) is 6.92 Å². The van der Waals surface area contributed by atoms with Gasteiger partial charge >= 0.3 is 0 Å². The Morgan fingerprint density at radius 1 is 1.03 bits per heavy atom. The van der Waals surface area contributed by atoms with Crippen molar-refractivity contribution in [2.45, 2.75) is 25.4 Å². The largest absolute Gasteiger partial charge is 0.325 e. The van der Waals surface area contributed by atoms with Crippen LogP contribution in [0.3, 0.4) is 0 Å². The number of pyridine rings is 1. The lowest BCUT2D eigenvalue weighted by Gasteiger charge is -2.12. The number of nitrogens with one attached hydrogen (secondary N) is 1. The molecule has 2 aromatic carbocycles. The van der Waals surface area contributed by atoms with Crippen LogP contribution in [0.15, 0.2) is 78.2 Å². The Labute approximate surface area is 185 Å². The van der Waals surface area contributed by atoms with Gasteiger partial charge in [-0.15, -0.1) is 10.2 Å². The van der Waals surface area contributed by atoms with Crippen molar-refractivity contribution < 1.29 is 4.79 Å². The van der Waals surface area contributed by atoms with Gasteiger partial charge in [0.2, 0.25) is 5.91 Å². The lowest BCUT2D eigenvalue weighted by molar-refractivity contribution is -0.113. The highest BCUT2D eigenvalue weighted by atomic mass is 32.2. The van der Waals surface area contributed by atoms with Crippen molar-refractivity contribution >= 4 is 23.4 Å². The Hall–Kier alpha value is -3.45. The van der Waals surface area contributed by atoms with Gasteiger partial charge in [0.1, 0.15) is 0 Å². The van der Waals surface area contributed by atoms with Crippen molar-refractivity contribution in [2.24, 2.45) is 0 Å². The van der Waals surface area contributed by atoms with Gasteiger partial charge in [-0.25, -0.2) is 0 Å². The van der Waals surface area contributed by atoms with Crippen molar-refractivity contribution in [2.75, 3.05) is 11.1 Å². The number of carbonyl (C=O) groups excluding carboxylic acids is 1. The SMILES string of the molecule is CCc1ccccc1NC(=O)CSc1nnc(-c2ccncc2)n1-c1cccc(C)c1. The second kappa shape index (κ2) is 9.57. The molecule has 2 heterocycles. The first-order valence-electron chi connectivity index (χ1n) is 10.1. The van der Waals surface area contributed by atoms with Crippen molar-refractivity contribution in [1.82, 2.24) is 19.7 Å². The van der Waals surface area contributed by atoms with Gasteiger partial charge < -0.3 is 5.32 Å². The number of para-hydroxylation sites is 1. The molecule has 0 atom stereocenters. The Morgan fingerprint density at radius 3 is 2.61 bits per heavy atom. The summed E-state index contributed by atoms with van der Waals surface area (Å²) in [5.41, 5.74) is 4.97. The van der Waals surface area contributed by atoms with Gasteiger partial charge in [0.25, 0.3) is 0 Å². The lowest BCUT2D eigenvalue weighted by Crippen LogP contribution is -2.15. The maximum Gasteiger partial charge on any atom is 0.234 e. The number of aromatic nitrogens is 4. The fourth-order valence-corrected chi connectivity index (χ4v) is 4.07. The van der Waals surface area contributed by atoms with Crippen LogP contribution in [0.2, 0.25) is 0 Å². The molecule has 6 nitrogen and oxygen atoms in total. The molecular weight excluding hydrogens is 406 g/mol. The quantitative estimate of drug-likeness (QED) is 0.422. The summed E-state index contributed by atoms with van der Waals surface area (Å²) in [6.07, 6.45) is 4.33. The fourth-order valence-electron chi connectivity index (χ4n) is 3.32. The molecule has 0 saturated carbocycles. The van der Waals surface area contributed by atoms with Crippen LogP contribution >= 0.6 is 11.8 Å². The molecule has 7 heteroatoms. The molecule has 0 unspecified atom stereocenters. The molecule has 0 bridgehead atoms. The number of amides is 1. The van der Waals surface area contributed by atoms with Gasteiger partial charge in [-0.3, -0.25) is 14.3 Å². The molecule has 1 amide bonds. The Kier molecular flexibility index (Phi) is 6.43. The molecule has 0 fully saturated rings. The molecule has 31 heavy (non-hydrogen) atoms. The maximum absolute atomic E-state index is 12.6. The van der Waals surface area contributed by atoms with E-state index in [-0.39, 0.29) is 11.7 Å². The number of carbonyl (C=O) groups is 1. The van der Waals surface area contributed by atoms with E-state index in [1.54, 1.807) is 12.4 Å². The monoisotopic (exact) mass is 429 g/mol. The van der Waals surface area contributed by atoms with E-state index in [0.717, 1.165) is 34.5 Å². The highest BCUT2D eigenvalue weighted by molar-refractivity contribution is 7.99. The number of aryl methyl sites for hydroxylation is 2. The predicted octanol–water partition coefficient (Wildman–Crippen LogP) is 4.93. The first-order valence-corrected chi connectivity index (χ1v) is 11.1. The third-order valence-electron chi connectivity index (χ3n) is 4.84. The minimum atomic E-state index is -0.0739. The molecule has 2 aromatic heterocycles. The maximum atomic E-state index is 12.6. The van der Waals surface area contributed by atoms with Crippen LogP contribution in [0.4, 0.5) is 5.69 Å². The second-order valence-electron chi connectivity index (χ2n) is 7.06. The molecule has 0 saturated heterocycles. The predicted molar refractivity (Wildman–Crippen MR) is 125 cm³/mol. The van der Waals surface area contributed by atoms with Crippen LogP contribution < -0.4 is 5.32 Å². The summed E-state index contributed by atoms with van der Waals surface area (Å²) in [4.78, 5) is 16.7. The fraction of sp³-hybridized carbons (Fsp3) is 0.167. The number of hydrogen-bond acceptors (Lipinski definition) is 5. The van der Waals surface area contributed by atoms with Gasteiger partial charge in [0.05, 0.1) is 5.75 Å². The summed E-state index contributed by atoms with van der Waals surface area (Å²) in [6.45, 7) is 4.12. The molecule has 0 aliphatic rings. The van der Waals surface area contributed by atoms with E-state index < -0.39 is 0 Å². The summed E-state index contributed by atoms with van der Waals surface area (Å²) in [6, 6.07) is 19.8. The highest BCUT2D eigenvalue weighted by Crippen LogP contribution is 2.28. The number of anilines is 1. The van der Waals surface area contributed by atoms with Gasteiger partial charge in [0.15, 0.2) is 11.0 Å². The highest BCUT2D eigenvalue weighted by Gasteiger charge is 2.17. The van der Waals surface area contributed by atoms with Crippen LogP contribution in [-0.4, -0.2) is 31.4 Å². The molecule has 0 aliphatic heterocycles. The van der Waals surface area contributed by atoms with Crippen molar-refractivity contribution in [1.29, 1.82) is 0 Å². The summed E-state index contributed by atoms with van der Waals surface area (Å²) in [5.74, 6) is 0.876. The Bertz CT molecular complexity index is 1190. The average molecular weight is 430 g/mol. The van der Waals surface area contributed by atoms with Crippen LogP contribution in [0.1, 0.15) is 18.1 Å². The van der Waals surface area contributed by atoms with Crippen LogP contribution in [0.25, 0.3) is 17.1 Å². The zero-order chi connectivity index (χ0) is 21.6. The van der Waals surface area contributed by atoms with Crippen LogP contribution in [0.5, 0.6) is 0 Å². The summed E-state index contributed by atoms with van der Waals surface area (Å²) < 4.78 is 1.99. The van der Waals surface area contributed by atoms with E-state index in [4.69, 9.17) is 0 Å². The van der Waals surface area contributed by atoms with Gasteiger partial charge in [-0.05, 0) is 54.8 Å². The van der Waals surface area contributed by atoms with E-state index in [9.17, 15) is 4.79 Å². The summed E-state index contributed by atoms with van der Waals surface area (Å²) >= 11 is 1.37. The van der Waals surface area contributed by atoms with E-state index in [1.165, 1.54) is 11.8 Å². The normalized spacial score (nSPS) is 10.8. The van der Waals surface area contributed by atoms with Crippen molar-refractivity contribution in [3.8, 4) is 17.1 Å². The molecule has 1 N–H and O–H groups in total. The zero-order valence-corrected chi connectivity index (χ0v) is 18.3. The number of thioether (sulfide) groups is 1. The Morgan fingerprint density at radius 2 is 1.84 bits per heavy atom. The smallest absolute Gasteiger partial charge is 0.234 e. The molecular formula is C24H23N5OS. The second-order valence-corrected chi connectivity index (χ2v) is 8.01. The third kappa shape index (κ3) is 4.83. The Balaban J connectivity index is 1.60. The lowest BCUT2D eigenvalue weighted by atomic mass is 10.1. The minimum absolute atomic E-state index is 0.0739. The zero-order valence-electron chi connectivity index (χ0n) is 17.4. The number of benzene rings is 2.